The van der Waals surface area contributed by atoms with Crippen LogP contribution in [0.3, 0.4) is 0 Å². The molecule has 0 aliphatic heterocycles. The minimum atomic E-state index is -4.83. The molecule has 0 unspecified atom stereocenters. The van der Waals surface area contributed by atoms with Gasteiger partial charge in [-0.15, -0.1) is 25.6 Å². The van der Waals surface area contributed by atoms with E-state index in [1.54, 1.807) is 42.5 Å². The molecule has 19 heteroatoms. The van der Waals surface area contributed by atoms with Gasteiger partial charge in [0.15, 0.2) is 5.75 Å². The van der Waals surface area contributed by atoms with Crippen LogP contribution in [0, 0.1) is 0 Å². The number of carboxylic acids is 1. The van der Waals surface area contributed by atoms with Crippen molar-refractivity contribution in [1.82, 2.24) is 0 Å². The molecule has 7 aromatic rings. The molecule has 0 aliphatic carbocycles. The normalized spacial score (nSPS) is 11.9. The van der Waals surface area contributed by atoms with Crippen molar-refractivity contribution < 1.29 is 52.5 Å². The number of carbonyl (C=O) groups excluding carboxylic acids is 1. The van der Waals surface area contributed by atoms with Gasteiger partial charge in [-0.05, 0) is 89.8 Å². The van der Waals surface area contributed by atoms with E-state index in [1.807, 2.05) is 0 Å². The van der Waals surface area contributed by atoms with Gasteiger partial charge in [-0.3, -0.25) is 4.55 Å². The number of rotatable bonds is 13. The fraction of sp³-hybridized carbons (Fsp3) is 0.0698. The maximum absolute atomic E-state index is 13.0. The molecule has 312 valence electrons. The van der Waals surface area contributed by atoms with Crippen LogP contribution in [-0.2, 0) is 21.3 Å². The lowest BCUT2D eigenvalue weighted by atomic mass is 10.1. The topological polar surface area (TPSA) is 288 Å². The summed E-state index contributed by atoms with van der Waals surface area (Å²) in [7, 11) is -3.43. The Balaban J connectivity index is 1.04. The monoisotopic (exact) mass is 855 g/mol. The number of hydrogen-bond donors (Lipinski definition) is 6. The Morgan fingerprint density at radius 3 is 2.00 bits per heavy atom. The van der Waals surface area contributed by atoms with E-state index >= 15 is 0 Å². The van der Waals surface area contributed by atoms with Gasteiger partial charge in [0.1, 0.15) is 44.8 Å². The predicted molar refractivity (Wildman–Crippen MR) is 226 cm³/mol. The second-order valence-corrected chi connectivity index (χ2v) is 14.8. The van der Waals surface area contributed by atoms with Crippen LogP contribution in [0.4, 0.5) is 39.8 Å². The lowest BCUT2D eigenvalue weighted by molar-refractivity contribution is 0.0505. The molecule has 0 amide bonds. The Morgan fingerprint density at radius 2 is 1.32 bits per heavy atom. The van der Waals surface area contributed by atoms with E-state index in [-0.39, 0.29) is 63.8 Å². The van der Waals surface area contributed by atoms with Crippen LogP contribution < -0.4 is 10.5 Å². The number of nitrogens with zero attached hydrogens (tertiary/aromatic N) is 6. The number of phenols is 3. The first-order valence-corrected chi connectivity index (χ1v) is 19.7. The first-order chi connectivity index (χ1) is 29.7. The van der Waals surface area contributed by atoms with Crippen LogP contribution in [0.25, 0.3) is 21.5 Å². The lowest BCUT2D eigenvalue weighted by Gasteiger charge is -2.10. The summed E-state index contributed by atoms with van der Waals surface area (Å²) in [6.07, 6.45) is 0.182. The van der Waals surface area contributed by atoms with Crippen molar-refractivity contribution in [3.05, 3.63) is 132 Å². The van der Waals surface area contributed by atoms with Crippen LogP contribution in [-0.4, -0.2) is 59.1 Å². The molecule has 0 aliphatic rings. The fourth-order valence-corrected chi connectivity index (χ4v) is 6.87. The first-order valence-electron chi connectivity index (χ1n) is 18.2. The molecule has 0 spiro atoms. The predicted octanol–water partition coefficient (Wildman–Crippen LogP) is 10.3. The molecule has 0 heterocycles. The zero-order valence-electron chi connectivity index (χ0n) is 32.2. The van der Waals surface area contributed by atoms with Gasteiger partial charge >= 0.3 is 11.9 Å². The van der Waals surface area contributed by atoms with Gasteiger partial charge in [-0.1, -0.05) is 36.4 Å². The van der Waals surface area contributed by atoms with Crippen LogP contribution >= 0.6 is 0 Å². The number of nitrogens with two attached hydrogens (primary N) is 1. The Hall–Kier alpha value is -8.29. The number of aromatic carboxylic acids is 1. The molecule has 0 saturated carbocycles. The fourth-order valence-electron chi connectivity index (χ4n) is 6.22. The number of carboxylic acid groups (broad SMARTS) is 1. The lowest BCUT2D eigenvalue weighted by Crippen LogP contribution is -2.08. The third-order valence-electron chi connectivity index (χ3n) is 9.33. The molecule has 62 heavy (non-hydrogen) atoms. The average Bonchev–Trinajstić information content (AvgIpc) is 3.25. The van der Waals surface area contributed by atoms with E-state index in [4.69, 9.17) is 15.2 Å². The summed E-state index contributed by atoms with van der Waals surface area (Å²) >= 11 is 0. The van der Waals surface area contributed by atoms with Crippen LogP contribution in [0.1, 0.15) is 26.3 Å². The standard InChI is InChI=1S/C43H33N7O11S/c1-60-27-10-12-35(31(22-27)42(54)55)47-49-36-11-6-23(18-38(36)52)16-17-61-43(56)32-21-26(9-15-37(32)51)45-46-33-13-14-34(29-5-3-2-4-28(29)33)48-50-40-39(62(57,58)59)19-24-7-8-25(44)20-30(24)41(40)53/h2-15,18-22,51-53H,16-17,44H2,1H3,(H,54,55)(H,57,58,59). The number of phenolic OH excluding ortho intramolecular Hbond substituents is 3. The Kier molecular flexibility index (Phi) is 11.8. The number of benzene rings is 7. The SMILES string of the molecule is COc1ccc(N=Nc2ccc(CCOC(=O)c3cc(N=Nc4ccc(N=Nc5c(S(=O)(=O)O)cc6ccc(N)cc6c5O)c5ccccc45)ccc3O)cc2O)c(C(=O)O)c1. The highest BCUT2D eigenvalue weighted by Gasteiger charge is 2.22. The molecular formula is C43H33N7O11S. The Morgan fingerprint density at radius 1 is 0.661 bits per heavy atom. The number of esters is 1. The summed E-state index contributed by atoms with van der Waals surface area (Å²) in [5.74, 6) is -2.89. The molecule has 0 radical (unpaired) electrons. The van der Waals surface area contributed by atoms with Gasteiger partial charge < -0.3 is 35.6 Å². The highest BCUT2D eigenvalue weighted by molar-refractivity contribution is 7.86. The minimum Gasteiger partial charge on any atom is -0.507 e. The third-order valence-corrected chi connectivity index (χ3v) is 10.2. The number of anilines is 1. The number of carbonyl (C=O) groups is 2. The molecular weight excluding hydrogens is 823 g/mol. The molecule has 7 rings (SSSR count). The number of aromatic hydroxyl groups is 3. The van der Waals surface area contributed by atoms with Crippen molar-refractivity contribution in [2.45, 2.75) is 11.3 Å². The molecule has 18 nitrogen and oxygen atoms in total. The van der Waals surface area contributed by atoms with Crippen molar-refractivity contribution >= 4 is 83.4 Å². The molecule has 0 fully saturated rings. The van der Waals surface area contributed by atoms with Gasteiger partial charge in [-0.25, -0.2) is 9.59 Å². The summed E-state index contributed by atoms with van der Waals surface area (Å²) in [4.78, 5) is 24.0. The quantitative estimate of drug-likeness (QED) is 0.0273. The zero-order chi connectivity index (χ0) is 44.1. The smallest absolute Gasteiger partial charge is 0.342 e. The number of hydrogen-bond acceptors (Lipinski definition) is 16. The first kappa shape index (κ1) is 41.9. The second kappa shape index (κ2) is 17.5. The van der Waals surface area contributed by atoms with Crippen LogP contribution in [0.2, 0.25) is 0 Å². The van der Waals surface area contributed by atoms with Crippen LogP contribution in [0.15, 0.2) is 151 Å². The maximum Gasteiger partial charge on any atom is 0.342 e. The summed E-state index contributed by atoms with van der Waals surface area (Å²) in [5, 5.41) is 67.9. The highest BCUT2D eigenvalue weighted by atomic mass is 32.2. The molecule has 7 N–H and O–H groups in total. The molecule has 0 bridgehead atoms. The van der Waals surface area contributed by atoms with E-state index in [1.165, 1.54) is 73.8 Å². The van der Waals surface area contributed by atoms with Gasteiger partial charge in [-0.2, -0.15) is 13.5 Å². The van der Waals surface area contributed by atoms with Crippen molar-refractivity contribution in [2.24, 2.45) is 30.7 Å². The van der Waals surface area contributed by atoms with Crippen LogP contribution in [0.5, 0.6) is 23.0 Å². The Bertz CT molecular complexity index is 3140. The van der Waals surface area contributed by atoms with Gasteiger partial charge in [0, 0.05) is 28.3 Å². The summed E-state index contributed by atoms with van der Waals surface area (Å²) in [6, 6.07) is 28.4. The van der Waals surface area contributed by atoms with Crippen molar-refractivity contribution in [3.8, 4) is 23.0 Å². The van der Waals surface area contributed by atoms with Gasteiger partial charge in [0.2, 0.25) is 0 Å². The highest BCUT2D eigenvalue weighted by Crippen LogP contribution is 2.43. The maximum atomic E-state index is 13.0. The molecule has 7 aromatic carbocycles. The summed E-state index contributed by atoms with van der Waals surface area (Å²) in [5.41, 5.74) is 6.93. The van der Waals surface area contributed by atoms with E-state index in [9.17, 15) is 43.0 Å². The van der Waals surface area contributed by atoms with E-state index in [0.29, 0.717) is 38.8 Å². The molecule has 0 saturated heterocycles. The minimum absolute atomic E-state index is 0.0558. The summed E-state index contributed by atoms with van der Waals surface area (Å²) in [6.45, 7) is -0.125. The van der Waals surface area contributed by atoms with Crippen molar-refractivity contribution in [1.29, 1.82) is 0 Å². The number of nitrogen functional groups attached to an aromatic ring is 1. The largest absolute Gasteiger partial charge is 0.507 e. The van der Waals surface area contributed by atoms with Gasteiger partial charge in [0.25, 0.3) is 10.1 Å². The molecule has 0 atom stereocenters. The van der Waals surface area contributed by atoms with E-state index in [2.05, 4.69) is 30.7 Å². The number of azo groups is 3. The number of methoxy groups -OCH3 is 1. The second-order valence-electron chi connectivity index (χ2n) is 13.4. The summed E-state index contributed by atoms with van der Waals surface area (Å²) < 4.78 is 45.0. The Labute approximate surface area is 351 Å². The average molecular weight is 856 g/mol. The number of ether oxygens (including phenoxy) is 2. The van der Waals surface area contributed by atoms with E-state index in [0.717, 1.165) is 6.07 Å². The van der Waals surface area contributed by atoms with Crippen molar-refractivity contribution in [3.63, 3.8) is 0 Å². The zero-order valence-corrected chi connectivity index (χ0v) is 33.1. The molecule has 0 aromatic heterocycles. The van der Waals surface area contributed by atoms with Crippen molar-refractivity contribution in [2.75, 3.05) is 19.5 Å². The third kappa shape index (κ3) is 9.13. The van der Waals surface area contributed by atoms with Gasteiger partial charge in [0.05, 0.1) is 36.3 Å². The number of fused-ring (bicyclic) bond motifs is 2. The van der Waals surface area contributed by atoms with E-state index < -0.39 is 38.4 Å².